The lowest BCUT2D eigenvalue weighted by atomic mass is 10.1. The van der Waals surface area contributed by atoms with E-state index in [0.717, 1.165) is 11.8 Å². The zero-order chi connectivity index (χ0) is 17.0. The van der Waals surface area contributed by atoms with Gasteiger partial charge in [0.1, 0.15) is 16.9 Å². The van der Waals surface area contributed by atoms with Crippen molar-refractivity contribution in [2.45, 2.75) is 25.9 Å². The topological polar surface area (TPSA) is 62.1 Å². The lowest BCUT2D eigenvalue weighted by Crippen LogP contribution is -2.30. The highest BCUT2D eigenvalue weighted by Crippen LogP contribution is 2.33. The van der Waals surface area contributed by atoms with Gasteiger partial charge in [0.15, 0.2) is 0 Å². The van der Waals surface area contributed by atoms with E-state index >= 15 is 0 Å². The van der Waals surface area contributed by atoms with E-state index in [2.05, 4.69) is 35.0 Å². The molecule has 2 aromatic carbocycles. The van der Waals surface area contributed by atoms with E-state index in [9.17, 15) is 4.79 Å². The molecule has 2 aromatic heterocycles. The van der Waals surface area contributed by atoms with E-state index in [0.29, 0.717) is 35.1 Å². The van der Waals surface area contributed by atoms with Gasteiger partial charge in [0.05, 0.1) is 6.54 Å². The number of nitrogens with one attached hydrogen (secondary N) is 1. The number of H-pyrrole nitrogens is 1. The number of hydrogen-bond donors (Lipinski definition) is 1. The molecule has 5 heteroatoms. The van der Waals surface area contributed by atoms with E-state index < -0.39 is 0 Å². The van der Waals surface area contributed by atoms with Crippen molar-refractivity contribution >= 4 is 27.8 Å². The highest BCUT2D eigenvalue weighted by atomic mass is 16.3. The number of aromatic nitrogens is 2. The molecular formula is C20H17N3O2. The van der Waals surface area contributed by atoms with Crippen LogP contribution in [0.2, 0.25) is 0 Å². The summed E-state index contributed by atoms with van der Waals surface area (Å²) in [6.45, 7) is 2.77. The average molecular weight is 331 g/mol. The largest absolute Gasteiger partial charge is 0.449 e. The summed E-state index contributed by atoms with van der Waals surface area (Å²) in [5.41, 5.74) is 3.94. The number of anilines is 1. The molecule has 0 spiro atoms. The van der Waals surface area contributed by atoms with Gasteiger partial charge < -0.3 is 14.3 Å². The van der Waals surface area contributed by atoms with E-state index in [4.69, 9.17) is 9.40 Å². The van der Waals surface area contributed by atoms with Gasteiger partial charge in [0.2, 0.25) is 5.58 Å². The molecule has 1 aliphatic heterocycles. The molecule has 0 unspecified atom stereocenters. The summed E-state index contributed by atoms with van der Waals surface area (Å²) in [7, 11) is 0. The van der Waals surface area contributed by atoms with Crippen molar-refractivity contribution < 1.29 is 4.42 Å². The Kier molecular flexibility index (Phi) is 2.98. The zero-order valence-electron chi connectivity index (χ0n) is 13.8. The zero-order valence-corrected chi connectivity index (χ0v) is 13.8. The first kappa shape index (κ1) is 14.3. The van der Waals surface area contributed by atoms with Crippen LogP contribution in [0.4, 0.5) is 5.69 Å². The lowest BCUT2D eigenvalue weighted by Gasteiger charge is -2.24. The van der Waals surface area contributed by atoms with E-state index in [1.165, 1.54) is 11.3 Å². The Hall–Kier alpha value is -3.08. The van der Waals surface area contributed by atoms with Crippen LogP contribution < -0.4 is 10.5 Å². The maximum Gasteiger partial charge on any atom is 0.294 e. The molecule has 1 aliphatic rings. The maximum absolute atomic E-state index is 12.5. The second-order valence-electron chi connectivity index (χ2n) is 6.60. The van der Waals surface area contributed by atoms with E-state index in [1.54, 1.807) is 0 Å². The van der Waals surface area contributed by atoms with Crippen molar-refractivity contribution in [3.63, 3.8) is 0 Å². The quantitative estimate of drug-likeness (QED) is 0.609. The Morgan fingerprint density at radius 2 is 2.00 bits per heavy atom. The van der Waals surface area contributed by atoms with Crippen molar-refractivity contribution in [3.8, 4) is 0 Å². The Morgan fingerprint density at radius 3 is 2.92 bits per heavy atom. The molecule has 4 aromatic rings. The highest BCUT2D eigenvalue weighted by Gasteiger charge is 2.26. The number of rotatable bonds is 2. The van der Waals surface area contributed by atoms with Gasteiger partial charge in [-0.25, -0.2) is 4.98 Å². The normalized spacial score (nSPS) is 16.7. The molecular weight excluding hydrogens is 314 g/mol. The number of benzene rings is 2. The predicted molar refractivity (Wildman–Crippen MR) is 97.9 cm³/mol. The van der Waals surface area contributed by atoms with Gasteiger partial charge in [0, 0.05) is 17.1 Å². The van der Waals surface area contributed by atoms with E-state index in [-0.39, 0.29) is 5.56 Å². The molecule has 1 atom stereocenters. The maximum atomic E-state index is 12.5. The molecule has 5 nitrogen and oxygen atoms in total. The average Bonchev–Trinajstić information content (AvgIpc) is 3.14. The van der Waals surface area contributed by atoms with E-state index in [1.807, 2.05) is 30.3 Å². The standard InChI is InChI=1S/C20H17N3O2/c1-12-10-13-6-2-4-8-15(13)23(12)11-17-21-18-14-7-3-5-9-16(14)25-19(18)20(24)22-17/h2-9,12H,10-11H2,1H3,(H,21,22,24)/t12-/m1/s1. The molecule has 25 heavy (non-hydrogen) atoms. The number of nitrogens with zero attached hydrogens (tertiary/aromatic N) is 2. The van der Waals surface area contributed by atoms with Crippen molar-refractivity contribution in [3.05, 3.63) is 70.3 Å². The summed E-state index contributed by atoms with van der Waals surface area (Å²) in [5.74, 6) is 0.660. The van der Waals surface area contributed by atoms with Crippen LogP contribution in [0.3, 0.4) is 0 Å². The molecule has 124 valence electrons. The first-order valence-electron chi connectivity index (χ1n) is 8.46. The fourth-order valence-corrected chi connectivity index (χ4v) is 3.75. The highest BCUT2D eigenvalue weighted by molar-refractivity contribution is 6.01. The van der Waals surface area contributed by atoms with Crippen molar-refractivity contribution in [2.24, 2.45) is 0 Å². The molecule has 0 amide bonds. The Bertz CT molecular complexity index is 1160. The molecule has 0 saturated carbocycles. The number of para-hydroxylation sites is 2. The van der Waals surface area contributed by atoms with Crippen LogP contribution in [-0.2, 0) is 13.0 Å². The van der Waals surface area contributed by atoms with Gasteiger partial charge >= 0.3 is 0 Å². The molecule has 0 radical (unpaired) electrons. The molecule has 3 heterocycles. The van der Waals surface area contributed by atoms with Crippen LogP contribution in [0.25, 0.3) is 22.1 Å². The minimum Gasteiger partial charge on any atom is -0.449 e. The minimum absolute atomic E-state index is 0.226. The smallest absolute Gasteiger partial charge is 0.294 e. The summed E-state index contributed by atoms with van der Waals surface area (Å²) in [6, 6.07) is 16.4. The second kappa shape index (κ2) is 5.21. The fraction of sp³-hybridized carbons (Fsp3) is 0.200. The summed E-state index contributed by atoms with van der Waals surface area (Å²) in [5, 5.41) is 0.875. The molecule has 0 bridgehead atoms. The molecule has 0 saturated heterocycles. The summed E-state index contributed by atoms with van der Waals surface area (Å²) >= 11 is 0. The monoisotopic (exact) mass is 331 g/mol. The third-order valence-electron chi connectivity index (χ3n) is 4.95. The van der Waals surface area contributed by atoms with Gasteiger partial charge in [-0.2, -0.15) is 0 Å². The van der Waals surface area contributed by atoms with Gasteiger partial charge in [-0.15, -0.1) is 0 Å². The second-order valence-corrected chi connectivity index (χ2v) is 6.60. The van der Waals surface area contributed by atoms with Gasteiger partial charge in [-0.05, 0) is 37.1 Å². The Labute approximate surface area is 143 Å². The SMILES string of the molecule is C[C@@H]1Cc2ccccc2N1Cc1nc2c(oc3ccccc32)c(=O)[nH]1. The van der Waals surface area contributed by atoms with Gasteiger partial charge in [0.25, 0.3) is 5.56 Å². The third kappa shape index (κ3) is 2.16. The number of aromatic amines is 1. The number of hydrogen-bond acceptors (Lipinski definition) is 4. The first-order valence-corrected chi connectivity index (χ1v) is 8.46. The van der Waals surface area contributed by atoms with Gasteiger partial charge in [-0.1, -0.05) is 30.3 Å². The van der Waals surface area contributed by atoms with Gasteiger partial charge in [-0.3, -0.25) is 4.79 Å². The number of furan rings is 1. The lowest BCUT2D eigenvalue weighted by molar-refractivity contribution is 0.644. The summed E-state index contributed by atoms with van der Waals surface area (Å²) in [4.78, 5) is 22.3. The van der Waals surface area contributed by atoms with Crippen LogP contribution in [-0.4, -0.2) is 16.0 Å². The third-order valence-corrected chi connectivity index (χ3v) is 4.95. The molecule has 0 aliphatic carbocycles. The first-order chi connectivity index (χ1) is 12.2. The summed E-state index contributed by atoms with van der Waals surface area (Å²) in [6.07, 6.45) is 1.01. The van der Waals surface area contributed by atoms with Crippen LogP contribution in [0.15, 0.2) is 57.7 Å². The minimum atomic E-state index is -0.226. The van der Waals surface area contributed by atoms with Crippen LogP contribution in [0, 0.1) is 0 Å². The fourth-order valence-electron chi connectivity index (χ4n) is 3.75. The van der Waals surface area contributed by atoms with Crippen LogP contribution >= 0.6 is 0 Å². The predicted octanol–water partition coefficient (Wildman–Crippen LogP) is 3.62. The molecule has 0 fully saturated rings. The molecule has 5 rings (SSSR count). The Morgan fingerprint density at radius 1 is 1.20 bits per heavy atom. The van der Waals surface area contributed by atoms with Crippen molar-refractivity contribution in [2.75, 3.05) is 4.90 Å². The van der Waals surface area contributed by atoms with Crippen LogP contribution in [0.1, 0.15) is 18.3 Å². The molecule has 1 N–H and O–H groups in total. The van der Waals surface area contributed by atoms with Crippen molar-refractivity contribution in [1.29, 1.82) is 0 Å². The summed E-state index contributed by atoms with van der Waals surface area (Å²) < 4.78 is 5.67. The Balaban J connectivity index is 1.62. The number of fused-ring (bicyclic) bond motifs is 4. The van der Waals surface area contributed by atoms with Crippen LogP contribution in [0.5, 0.6) is 0 Å². The van der Waals surface area contributed by atoms with Crippen molar-refractivity contribution in [1.82, 2.24) is 9.97 Å².